The van der Waals surface area contributed by atoms with Crippen molar-refractivity contribution in [3.05, 3.63) is 35.9 Å². The second-order valence-corrected chi connectivity index (χ2v) is 5.28. The van der Waals surface area contributed by atoms with Crippen LogP contribution in [0.4, 0.5) is 0 Å². The minimum Gasteiger partial charge on any atom is -0.497 e. The highest BCUT2D eigenvalue weighted by molar-refractivity contribution is 5.44. The lowest BCUT2D eigenvalue weighted by atomic mass is 9.78. The molecule has 0 spiro atoms. The van der Waals surface area contributed by atoms with Crippen LogP contribution in [0.1, 0.15) is 44.6 Å². The molecule has 2 rings (SSSR count). The summed E-state index contributed by atoms with van der Waals surface area (Å²) in [4.78, 5) is 0. The fourth-order valence-corrected chi connectivity index (χ4v) is 3.00. The third kappa shape index (κ3) is 2.94. The van der Waals surface area contributed by atoms with Crippen molar-refractivity contribution in [1.82, 2.24) is 0 Å². The quantitative estimate of drug-likeness (QED) is 0.727. The predicted octanol–water partition coefficient (Wildman–Crippen LogP) is 4.48. The maximum absolute atomic E-state index is 5.40. The number of ether oxygens (including phenoxy) is 2. The van der Waals surface area contributed by atoms with Crippen LogP contribution in [-0.4, -0.2) is 14.2 Å². The van der Waals surface area contributed by atoms with Gasteiger partial charge in [-0.15, -0.1) is 0 Å². The number of allylic oxidation sites excluding steroid dienone is 2. The fourth-order valence-electron chi connectivity index (χ4n) is 3.00. The molecule has 1 saturated carbocycles. The van der Waals surface area contributed by atoms with Crippen LogP contribution in [0.25, 0.3) is 0 Å². The van der Waals surface area contributed by atoms with E-state index >= 15 is 0 Å². The van der Waals surface area contributed by atoms with Crippen LogP contribution < -0.4 is 9.47 Å². The van der Waals surface area contributed by atoms with Crippen LogP contribution in [0.5, 0.6) is 11.5 Å². The van der Waals surface area contributed by atoms with E-state index in [9.17, 15) is 0 Å². The number of benzene rings is 1. The van der Waals surface area contributed by atoms with Gasteiger partial charge in [0.15, 0.2) is 0 Å². The molecule has 1 fully saturated rings. The summed E-state index contributed by atoms with van der Waals surface area (Å²) in [6, 6.07) is 6.26. The van der Waals surface area contributed by atoms with E-state index in [0.717, 1.165) is 17.9 Å². The van der Waals surface area contributed by atoms with Crippen molar-refractivity contribution in [3.8, 4) is 11.5 Å². The van der Waals surface area contributed by atoms with Crippen molar-refractivity contribution in [2.24, 2.45) is 0 Å². The molecule has 1 aliphatic rings. The number of rotatable bonds is 5. The lowest BCUT2D eigenvalue weighted by molar-refractivity contribution is 0.390. The zero-order valence-electron chi connectivity index (χ0n) is 12.2. The molecule has 1 aromatic rings. The summed E-state index contributed by atoms with van der Waals surface area (Å²) in [5, 5.41) is 0. The molecule has 0 heterocycles. The van der Waals surface area contributed by atoms with Gasteiger partial charge in [0.05, 0.1) is 14.2 Å². The van der Waals surface area contributed by atoms with Crippen LogP contribution in [0.3, 0.4) is 0 Å². The maximum Gasteiger partial charge on any atom is 0.122 e. The zero-order valence-corrected chi connectivity index (χ0v) is 12.2. The molecule has 1 aromatic carbocycles. The van der Waals surface area contributed by atoms with Crippen LogP contribution in [0.15, 0.2) is 30.4 Å². The van der Waals surface area contributed by atoms with Gasteiger partial charge in [-0.3, -0.25) is 0 Å². The van der Waals surface area contributed by atoms with Gasteiger partial charge in [-0.25, -0.2) is 0 Å². The van der Waals surface area contributed by atoms with E-state index in [-0.39, 0.29) is 5.41 Å². The molecule has 0 aliphatic heterocycles. The SMILES string of the molecule is CC/C=C\C1(c2cc(OC)cc(OC)c2)CCCC1. The fraction of sp³-hybridized carbons (Fsp3) is 0.529. The third-order valence-electron chi connectivity index (χ3n) is 4.09. The highest BCUT2D eigenvalue weighted by atomic mass is 16.5. The van der Waals surface area contributed by atoms with Crippen LogP contribution >= 0.6 is 0 Å². The molecule has 2 heteroatoms. The number of hydrogen-bond acceptors (Lipinski definition) is 2. The lowest BCUT2D eigenvalue weighted by Gasteiger charge is -2.27. The van der Waals surface area contributed by atoms with E-state index in [1.807, 2.05) is 6.07 Å². The molecule has 104 valence electrons. The highest BCUT2D eigenvalue weighted by Gasteiger charge is 2.33. The summed E-state index contributed by atoms with van der Waals surface area (Å²) in [5.41, 5.74) is 1.50. The molecular weight excluding hydrogens is 236 g/mol. The van der Waals surface area contributed by atoms with Gasteiger partial charge < -0.3 is 9.47 Å². The molecule has 0 bridgehead atoms. The minimum absolute atomic E-state index is 0.178. The lowest BCUT2D eigenvalue weighted by Crippen LogP contribution is -2.19. The molecule has 0 unspecified atom stereocenters. The van der Waals surface area contributed by atoms with Gasteiger partial charge >= 0.3 is 0 Å². The summed E-state index contributed by atoms with van der Waals surface area (Å²) in [5.74, 6) is 1.76. The van der Waals surface area contributed by atoms with Gasteiger partial charge in [-0.2, -0.15) is 0 Å². The van der Waals surface area contributed by atoms with Crippen LogP contribution in [-0.2, 0) is 5.41 Å². The number of hydrogen-bond donors (Lipinski definition) is 0. The normalized spacial score (nSPS) is 17.8. The molecule has 0 saturated heterocycles. The van der Waals surface area contributed by atoms with E-state index in [2.05, 4.69) is 31.2 Å². The molecular formula is C17H24O2. The number of methoxy groups -OCH3 is 2. The van der Waals surface area contributed by atoms with Crippen LogP contribution in [0.2, 0.25) is 0 Å². The molecule has 0 aromatic heterocycles. The molecule has 0 radical (unpaired) electrons. The van der Waals surface area contributed by atoms with E-state index in [0.29, 0.717) is 0 Å². The third-order valence-corrected chi connectivity index (χ3v) is 4.09. The average Bonchev–Trinajstić information content (AvgIpc) is 2.94. The maximum atomic E-state index is 5.40. The van der Waals surface area contributed by atoms with E-state index < -0.39 is 0 Å². The Labute approximate surface area is 116 Å². The van der Waals surface area contributed by atoms with Gasteiger partial charge in [0.25, 0.3) is 0 Å². The average molecular weight is 260 g/mol. The second-order valence-electron chi connectivity index (χ2n) is 5.28. The van der Waals surface area contributed by atoms with Gasteiger partial charge in [0, 0.05) is 11.5 Å². The summed E-state index contributed by atoms with van der Waals surface area (Å²) < 4.78 is 10.8. The summed E-state index contributed by atoms with van der Waals surface area (Å²) in [6.45, 7) is 2.19. The van der Waals surface area contributed by atoms with Gasteiger partial charge in [-0.05, 0) is 37.0 Å². The molecule has 1 aliphatic carbocycles. The smallest absolute Gasteiger partial charge is 0.122 e. The van der Waals surface area contributed by atoms with E-state index in [4.69, 9.17) is 9.47 Å². The van der Waals surface area contributed by atoms with Gasteiger partial charge in [0.1, 0.15) is 11.5 Å². The van der Waals surface area contributed by atoms with Crippen molar-refractivity contribution in [3.63, 3.8) is 0 Å². The first kappa shape index (κ1) is 14.0. The first-order chi connectivity index (χ1) is 9.24. The molecule has 0 N–H and O–H groups in total. The van der Waals surface area contributed by atoms with Crippen molar-refractivity contribution in [2.75, 3.05) is 14.2 Å². The Kier molecular flexibility index (Phi) is 4.52. The Balaban J connectivity index is 2.43. The van der Waals surface area contributed by atoms with E-state index in [1.165, 1.54) is 31.2 Å². The Hall–Kier alpha value is -1.44. The monoisotopic (exact) mass is 260 g/mol. The molecule has 19 heavy (non-hydrogen) atoms. The molecule has 0 amide bonds. The topological polar surface area (TPSA) is 18.5 Å². The summed E-state index contributed by atoms with van der Waals surface area (Å²) in [7, 11) is 3.42. The highest BCUT2D eigenvalue weighted by Crippen LogP contribution is 2.44. The Morgan fingerprint density at radius 3 is 2.11 bits per heavy atom. The Bertz CT molecular complexity index is 420. The summed E-state index contributed by atoms with van der Waals surface area (Å²) >= 11 is 0. The largest absolute Gasteiger partial charge is 0.497 e. The van der Waals surface area contributed by atoms with Crippen molar-refractivity contribution in [1.29, 1.82) is 0 Å². The van der Waals surface area contributed by atoms with Crippen molar-refractivity contribution in [2.45, 2.75) is 44.4 Å². The van der Waals surface area contributed by atoms with Gasteiger partial charge in [-0.1, -0.05) is 31.9 Å². The predicted molar refractivity (Wildman–Crippen MR) is 79.1 cm³/mol. The second kappa shape index (κ2) is 6.14. The zero-order chi connectivity index (χ0) is 13.7. The van der Waals surface area contributed by atoms with Crippen molar-refractivity contribution >= 4 is 0 Å². The molecule has 2 nitrogen and oxygen atoms in total. The van der Waals surface area contributed by atoms with Crippen molar-refractivity contribution < 1.29 is 9.47 Å². The Morgan fingerprint density at radius 2 is 1.63 bits per heavy atom. The first-order valence-electron chi connectivity index (χ1n) is 7.15. The van der Waals surface area contributed by atoms with E-state index in [1.54, 1.807) is 14.2 Å². The Morgan fingerprint density at radius 1 is 1.05 bits per heavy atom. The minimum atomic E-state index is 0.178. The van der Waals surface area contributed by atoms with Crippen LogP contribution in [0, 0.1) is 0 Å². The standard InChI is InChI=1S/C17H24O2/c1-4-5-8-17(9-6-7-10-17)14-11-15(18-2)13-16(12-14)19-3/h5,8,11-13H,4,6-7,9-10H2,1-3H3/b8-5-. The summed E-state index contributed by atoms with van der Waals surface area (Å²) in [6.07, 6.45) is 10.8. The van der Waals surface area contributed by atoms with Gasteiger partial charge in [0.2, 0.25) is 0 Å². The molecule has 0 atom stereocenters. The first-order valence-corrected chi connectivity index (χ1v) is 7.15.